The number of rotatable bonds is 7. The first-order valence-electron chi connectivity index (χ1n) is 8.29. The molecule has 29 heavy (non-hydrogen) atoms. The molecule has 0 unspecified atom stereocenters. The number of alkyl halides is 2. The van der Waals surface area contributed by atoms with Crippen LogP contribution in [0.15, 0.2) is 65.1 Å². The van der Waals surface area contributed by atoms with Crippen molar-refractivity contribution in [3.8, 4) is 17.1 Å². The first-order chi connectivity index (χ1) is 13.9. The molecule has 1 amide bonds. The topological polar surface area (TPSA) is 77.8 Å². The van der Waals surface area contributed by atoms with Crippen molar-refractivity contribution in [2.75, 3.05) is 11.9 Å². The zero-order chi connectivity index (χ0) is 20.8. The predicted octanol–water partition coefficient (Wildman–Crippen LogP) is 4.48. The molecule has 0 atom stereocenters. The summed E-state index contributed by atoms with van der Waals surface area (Å²) in [5, 5.41) is 2.32. The molecule has 0 aliphatic carbocycles. The van der Waals surface area contributed by atoms with Gasteiger partial charge in [-0.2, -0.15) is 8.78 Å². The van der Waals surface area contributed by atoms with Crippen LogP contribution in [0.25, 0.3) is 11.3 Å². The summed E-state index contributed by atoms with van der Waals surface area (Å²) in [5.41, 5.74) is 0.560. The van der Waals surface area contributed by atoms with Gasteiger partial charge in [-0.25, -0.2) is 9.18 Å². The quantitative estimate of drug-likeness (QED) is 0.587. The van der Waals surface area contributed by atoms with Crippen molar-refractivity contribution >= 4 is 17.6 Å². The summed E-state index contributed by atoms with van der Waals surface area (Å²) < 4.78 is 52.3. The van der Waals surface area contributed by atoms with Gasteiger partial charge < -0.3 is 19.2 Å². The average molecular weight is 405 g/mol. The van der Waals surface area contributed by atoms with E-state index in [0.717, 1.165) is 0 Å². The van der Waals surface area contributed by atoms with Gasteiger partial charge in [0.15, 0.2) is 6.61 Å². The Labute approximate surface area is 162 Å². The number of hydrogen-bond donors (Lipinski definition) is 1. The molecule has 9 heteroatoms. The highest BCUT2D eigenvalue weighted by molar-refractivity contribution is 5.95. The van der Waals surface area contributed by atoms with Crippen LogP contribution in [0.5, 0.6) is 5.75 Å². The fourth-order valence-corrected chi connectivity index (χ4v) is 2.37. The third-order valence-electron chi connectivity index (χ3n) is 3.65. The number of hydrogen-bond acceptors (Lipinski definition) is 5. The summed E-state index contributed by atoms with van der Waals surface area (Å²) in [5.74, 6) is -2.12. The largest absolute Gasteiger partial charge is 0.450 e. The molecule has 3 rings (SSSR count). The number of esters is 1. The van der Waals surface area contributed by atoms with Gasteiger partial charge in [0.25, 0.3) is 5.91 Å². The van der Waals surface area contributed by atoms with Crippen LogP contribution >= 0.6 is 0 Å². The Hall–Kier alpha value is -3.75. The Balaban J connectivity index is 1.57. The van der Waals surface area contributed by atoms with E-state index < -0.39 is 30.9 Å². The lowest BCUT2D eigenvalue weighted by Gasteiger charge is -2.11. The van der Waals surface area contributed by atoms with Gasteiger partial charge >= 0.3 is 12.6 Å². The molecule has 3 aromatic rings. The van der Waals surface area contributed by atoms with Gasteiger partial charge in [0.05, 0.1) is 5.69 Å². The first kappa shape index (κ1) is 20.0. The zero-order valence-electron chi connectivity index (χ0n) is 14.7. The SMILES string of the molecule is O=C(COC(=O)c1ccc(-c2ccc(F)cc2)o1)Nc1ccccc1OC(F)F. The number of amides is 1. The number of halogens is 3. The summed E-state index contributed by atoms with van der Waals surface area (Å²) >= 11 is 0. The molecule has 1 heterocycles. The lowest BCUT2D eigenvalue weighted by Crippen LogP contribution is -2.21. The van der Waals surface area contributed by atoms with Crippen molar-refractivity contribution in [3.05, 3.63) is 72.2 Å². The molecule has 0 radical (unpaired) electrons. The molecule has 0 saturated carbocycles. The Morgan fingerprint density at radius 3 is 2.45 bits per heavy atom. The molecule has 1 N–H and O–H groups in total. The molecule has 0 fully saturated rings. The van der Waals surface area contributed by atoms with Gasteiger partial charge in [-0.3, -0.25) is 4.79 Å². The molecule has 150 valence electrons. The Bertz CT molecular complexity index is 1000. The second-order valence-corrected chi connectivity index (χ2v) is 5.67. The molecule has 0 bridgehead atoms. The number of para-hydroxylation sites is 2. The van der Waals surface area contributed by atoms with Crippen molar-refractivity contribution in [2.24, 2.45) is 0 Å². The van der Waals surface area contributed by atoms with E-state index in [1.807, 2.05) is 0 Å². The third-order valence-corrected chi connectivity index (χ3v) is 3.65. The number of anilines is 1. The molecule has 0 saturated heterocycles. The van der Waals surface area contributed by atoms with Crippen LogP contribution in [0.3, 0.4) is 0 Å². The van der Waals surface area contributed by atoms with E-state index in [9.17, 15) is 22.8 Å². The molecular weight excluding hydrogens is 391 g/mol. The average Bonchev–Trinajstić information content (AvgIpc) is 3.18. The van der Waals surface area contributed by atoms with Gasteiger partial charge in [-0.05, 0) is 48.5 Å². The van der Waals surface area contributed by atoms with Crippen LogP contribution in [0.4, 0.5) is 18.9 Å². The Morgan fingerprint density at radius 1 is 1.00 bits per heavy atom. The second-order valence-electron chi connectivity index (χ2n) is 5.67. The van der Waals surface area contributed by atoms with E-state index in [4.69, 9.17) is 9.15 Å². The van der Waals surface area contributed by atoms with Crippen LogP contribution in [0.1, 0.15) is 10.6 Å². The summed E-state index contributed by atoms with van der Waals surface area (Å²) in [6.45, 7) is -3.73. The second kappa shape index (κ2) is 8.96. The maximum atomic E-state index is 13.0. The van der Waals surface area contributed by atoms with Gasteiger partial charge in [0, 0.05) is 5.56 Å². The van der Waals surface area contributed by atoms with Crippen LogP contribution in [-0.4, -0.2) is 25.1 Å². The van der Waals surface area contributed by atoms with Crippen molar-refractivity contribution in [3.63, 3.8) is 0 Å². The monoisotopic (exact) mass is 405 g/mol. The van der Waals surface area contributed by atoms with Crippen LogP contribution in [0.2, 0.25) is 0 Å². The minimum Gasteiger partial charge on any atom is -0.450 e. The van der Waals surface area contributed by atoms with Crippen molar-refractivity contribution in [2.45, 2.75) is 6.61 Å². The number of furan rings is 1. The zero-order valence-corrected chi connectivity index (χ0v) is 14.7. The highest BCUT2D eigenvalue weighted by Gasteiger charge is 2.17. The Morgan fingerprint density at radius 2 is 1.72 bits per heavy atom. The standard InChI is InChI=1S/C20H14F3NO5/c21-13-7-5-12(6-8-13)15-9-10-17(28-15)19(26)27-11-18(25)24-14-3-1-2-4-16(14)29-20(22)23/h1-10,20H,11H2,(H,24,25). The molecule has 2 aromatic carbocycles. The number of carbonyl (C=O) groups is 2. The van der Waals surface area contributed by atoms with Gasteiger partial charge in [0.2, 0.25) is 5.76 Å². The van der Waals surface area contributed by atoms with E-state index in [1.54, 1.807) is 0 Å². The molecule has 6 nitrogen and oxygen atoms in total. The van der Waals surface area contributed by atoms with E-state index >= 15 is 0 Å². The van der Waals surface area contributed by atoms with Crippen LogP contribution in [-0.2, 0) is 9.53 Å². The molecule has 0 aliphatic rings. The normalized spacial score (nSPS) is 10.6. The lowest BCUT2D eigenvalue weighted by atomic mass is 10.2. The van der Waals surface area contributed by atoms with E-state index in [-0.39, 0.29) is 17.2 Å². The third kappa shape index (κ3) is 5.38. The maximum absolute atomic E-state index is 13.0. The number of benzene rings is 2. The lowest BCUT2D eigenvalue weighted by molar-refractivity contribution is -0.119. The van der Waals surface area contributed by atoms with E-state index in [0.29, 0.717) is 11.3 Å². The first-order valence-corrected chi connectivity index (χ1v) is 8.29. The van der Waals surface area contributed by atoms with Crippen molar-refractivity contribution in [1.29, 1.82) is 0 Å². The van der Waals surface area contributed by atoms with Gasteiger partial charge in [-0.15, -0.1) is 0 Å². The minimum atomic E-state index is -3.06. The van der Waals surface area contributed by atoms with Crippen LogP contribution < -0.4 is 10.1 Å². The smallest absolute Gasteiger partial charge is 0.387 e. The summed E-state index contributed by atoms with van der Waals surface area (Å²) in [4.78, 5) is 24.0. The molecule has 0 aliphatic heterocycles. The van der Waals surface area contributed by atoms with E-state index in [1.165, 1.54) is 60.7 Å². The fraction of sp³-hybridized carbons (Fsp3) is 0.100. The molecular formula is C20H14F3NO5. The number of nitrogens with one attached hydrogen (secondary N) is 1. The van der Waals surface area contributed by atoms with Gasteiger partial charge in [0.1, 0.15) is 17.3 Å². The maximum Gasteiger partial charge on any atom is 0.387 e. The Kier molecular flexibility index (Phi) is 6.18. The summed E-state index contributed by atoms with van der Waals surface area (Å²) in [6.07, 6.45) is 0. The van der Waals surface area contributed by atoms with Crippen molar-refractivity contribution < 1.29 is 36.7 Å². The summed E-state index contributed by atoms with van der Waals surface area (Å²) in [6, 6.07) is 13.9. The predicted molar refractivity (Wildman–Crippen MR) is 96.1 cm³/mol. The fourth-order valence-electron chi connectivity index (χ4n) is 2.37. The summed E-state index contributed by atoms with van der Waals surface area (Å²) in [7, 11) is 0. The highest BCUT2D eigenvalue weighted by atomic mass is 19.3. The molecule has 1 aromatic heterocycles. The highest BCUT2D eigenvalue weighted by Crippen LogP contribution is 2.25. The minimum absolute atomic E-state index is 0.00504. The van der Waals surface area contributed by atoms with Gasteiger partial charge in [-0.1, -0.05) is 12.1 Å². The number of ether oxygens (including phenoxy) is 2. The van der Waals surface area contributed by atoms with Crippen molar-refractivity contribution in [1.82, 2.24) is 0 Å². The van der Waals surface area contributed by atoms with Crippen LogP contribution in [0, 0.1) is 5.82 Å². The molecule has 0 spiro atoms. The van der Waals surface area contributed by atoms with E-state index in [2.05, 4.69) is 10.1 Å². The number of carbonyl (C=O) groups excluding carboxylic acids is 2.